The summed E-state index contributed by atoms with van der Waals surface area (Å²) >= 11 is 0. The second kappa shape index (κ2) is 8.73. The molecular formula is C24H23F3N4O2. The Bertz CT molecular complexity index is 1170. The number of amides is 2. The van der Waals surface area contributed by atoms with Gasteiger partial charge < -0.3 is 10.2 Å². The van der Waals surface area contributed by atoms with Crippen LogP contribution in [-0.4, -0.2) is 33.0 Å². The van der Waals surface area contributed by atoms with E-state index < -0.39 is 17.6 Å². The number of halogens is 3. The lowest BCUT2D eigenvalue weighted by molar-refractivity contribution is -0.137. The summed E-state index contributed by atoms with van der Waals surface area (Å²) in [4.78, 5) is 27.1. The van der Waals surface area contributed by atoms with Crippen molar-refractivity contribution in [2.24, 2.45) is 0 Å². The Kier molecular flexibility index (Phi) is 5.97. The van der Waals surface area contributed by atoms with Crippen LogP contribution in [0.3, 0.4) is 0 Å². The Balaban J connectivity index is 1.44. The molecule has 0 spiro atoms. The number of aromatic nitrogens is 2. The minimum Gasteiger partial charge on any atom is -0.331 e. The molecule has 0 fully saturated rings. The summed E-state index contributed by atoms with van der Waals surface area (Å²) in [6.07, 6.45) is -4.40. The highest BCUT2D eigenvalue weighted by Crippen LogP contribution is 2.29. The van der Waals surface area contributed by atoms with Gasteiger partial charge in [-0.3, -0.25) is 14.3 Å². The van der Waals surface area contributed by atoms with Crippen LogP contribution in [0.25, 0.3) is 0 Å². The first-order chi connectivity index (χ1) is 15.6. The maximum atomic E-state index is 12.9. The van der Waals surface area contributed by atoms with E-state index in [0.717, 1.165) is 17.7 Å². The molecule has 0 unspecified atom stereocenters. The van der Waals surface area contributed by atoms with E-state index >= 15 is 0 Å². The van der Waals surface area contributed by atoms with Crippen molar-refractivity contribution in [2.45, 2.75) is 39.0 Å². The van der Waals surface area contributed by atoms with Gasteiger partial charge in [-0.1, -0.05) is 38.1 Å². The van der Waals surface area contributed by atoms with Crippen LogP contribution in [0.5, 0.6) is 0 Å². The highest BCUT2D eigenvalue weighted by Gasteiger charge is 2.31. The minimum atomic E-state index is -4.40. The van der Waals surface area contributed by atoms with Crippen LogP contribution < -0.4 is 5.32 Å². The van der Waals surface area contributed by atoms with Crippen molar-refractivity contribution in [1.29, 1.82) is 0 Å². The van der Waals surface area contributed by atoms with Gasteiger partial charge in [-0.05, 0) is 41.3 Å². The third-order valence-corrected chi connectivity index (χ3v) is 5.59. The maximum absolute atomic E-state index is 12.9. The zero-order valence-corrected chi connectivity index (χ0v) is 18.2. The van der Waals surface area contributed by atoms with Crippen LogP contribution in [-0.2, 0) is 19.3 Å². The van der Waals surface area contributed by atoms with Crippen molar-refractivity contribution >= 4 is 17.5 Å². The van der Waals surface area contributed by atoms with Crippen LogP contribution in [0, 0.1) is 0 Å². The normalized spacial score (nSPS) is 13.9. The van der Waals surface area contributed by atoms with Gasteiger partial charge in [0.1, 0.15) is 5.69 Å². The molecule has 33 heavy (non-hydrogen) atoms. The predicted molar refractivity (Wildman–Crippen MR) is 117 cm³/mol. The van der Waals surface area contributed by atoms with E-state index in [1.807, 2.05) is 24.3 Å². The minimum absolute atomic E-state index is 0.127. The fourth-order valence-electron chi connectivity index (χ4n) is 3.67. The molecule has 0 radical (unpaired) electrons. The summed E-state index contributed by atoms with van der Waals surface area (Å²) in [6, 6.07) is 13.7. The summed E-state index contributed by atoms with van der Waals surface area (Å²) < 4.78 is 39.7. The molecule has 1 aliphatic heterocycles. The topological polar surface area (TPSA) is 67.2 Å². The average Bonchev–Trinajstić information content (AvgIpc) is 3.21. The lowest BCUT2D eigenvalue weighted by atomic mass is 10.0. The van der Waals surface area contributed by atoms with Crippen molar-refractivity contribution in [3.05, 3.63) is 82.7 Å². The molecule has 0 aliphatic carbocycles. The van der Waals surface area contributed by atoms with E-state index in [-0.39, 0.29) is 23.8 Å². The Labute approximate surface area is 189 Å². The smallest absolute Gasteiger partial charge is 0.331 e. The zero-order chi connectivity index (χ0) is 23.8. The monoisotopic (exact) mass is 456 g/mol. The first-order valence-electron chi connectivity index (χ1n) is 10.6. The summed E-state index contributed by atoms with van der Waals surface area (Å²) in [7, 11) is 0. The number of rotatable bonds is 5. The number of alkyl halides is 3. The number of anilines is 1. The lowest BCUT2D eigenvalue weighted by Crippen LogP contribution is -2.39. The SMILES string of the molecule is CC(C)c1ccc(NC(=O)c2cc3n(n2)CCN(Cc2ccc(C(F)(F)F)cc2)C3=O)cc1. The van der Waals surface area contributed by atoms with E-state index in [0.29, 0.717) is 30.3 Å². The van der Waals surface area contributed by atoms with Crippen molar-refractivity contribution in [3.8, 4) is 0 Å². The number of fused-ring (bicyclic) bond motifs is 1. The van der Waals surface area contributed by atoms with E-state index in [2.05, 4.69) is 24.3 Å². The molecule has 2 aromatic carbocycles. The molecule has 0 bridgehead atoms. The summed E-state index contributed by atoms with van der Waals surface area (Å²) in [5.41, 5.74) is 2.04. The highest BCUT2D eigenvalue weighted by molar-refractivity contribution is 6.04. The molecule has 172 valence electrons. The van der Waals surface area contributed by atoms with E-state index in [1.54, 1.807) is 0 Å². The summed E-state index contributed by atoms with van der Waals surface area (Å²) in [5.74, 6) is -0.364. The number of nitrogens with zero attached hydrogens (tertiary/aromatic N) is 3. The molecule has 2 amide bonds. The van der Waals surface area contributed by atoms with Crippen molar-refractivity contribution < 1.29 is 22.8 Å². The highest BCUT2D eigenvalue weighted by atomic mass is 19.4. The molecule has 1 aliphatic rings. The number of carbonyl (C=O) groups is 2. The molecule has 1 N–H and O–H groups in total. The van der Waals surface area contributed by atoms with Gasteiger partial charge in [0.25, 0.3) is 11.8 Å². The first kappa shape index (κ1) is 22.6. The van der Waals surface area contributed by atoms with Gasteiger partial charge in [0, 0.05) is 24.8 Å². The van der Waals surface area contributed by atoms with Crippen LogP contribution >= 0.6 is 0 Å². The summed E-state index contributed by atoms with van der Waals surface area (Å²) in [6.45, 7) is 5.07. The Hall–Kier alpha value is -3.62. The second-order valence-corrected chi connectivity index (χ2v) is 8.29. The fraction of sp³-hybridized carbons (Fsp3) is 0.292. The lowest BCUT2D eigenvalue weighted by Gasteiger charge is -2.27. The quantitative estimate of drug-likeness (QED) is 0.592. The second-order valence-electron chi connectivity index (χ2n) is 8.29. The number of hydrogen-bond acceptors (Lipinski definition) is 3. The Morgan fingerprint density at radius 2 is 1.73 bits per heavy atom. The Morgan fingerprint density at radius 3 is 2.33 bits per heavy atom. The maximum Gasteiger partial charge on any atom is 0.416 e. The van der Waals surface area contributed by atoms with Crippen LogP contribution in [0.2, 0.25) is 0 Å². The predicted octanol–water partition coefficient (Wildman–Crippen LogP) is 4.93. The van der Waals surface area contributed by atoms with E-state index in [4.69, 9.17) is 0 Å². The molecule has 6 nitrogen and oxygen atoms in total. The zero-order valence-electron chi connectivity index (χ0n) is 18.2. The first-order valence-corrected chi connectivity index (χ1v) is 10.6. The van der Waals surface area contributed by atoms with Gasteiger partial charge in [0.2, 0.25) is 0 Å². The van der Waals surface area contributed by atoms with Gasteiger partial charge in [-0.2, -0.15) is 18.3 Å². The van der Waals surface area contributed by atoms with Crippen molar-refractivity contribution in [2.75, 3.05) is 11.9 Å². The molecule has 0 saturated heterocycles. The van der Waals surface area contributed by atoms with Crippen LogP contribution in [0.15, 0.2) is 54.6 Å². The van der Waals surface area contributed by atoms with Crippen LogP contribution in [0.4, 0.5) is 18.9 Å². The van der Waals surface area contributed by atoms with Crippen LogP contribution in [0.1, 0.15) is 57.4 Å². The number of hydrogen-bond donors (Lipinski definition) is 1. The van der Waals surface area contributed by atoms with E-state index in [1.165, 1.54) is 27.8 Å². The van der Waals surface area contributed by atoms with E-state index in [9.17, 15) is 22.8 Å². The number of nitrogens with one attached hydrogen (secondary N) is 1. The molecule has 1 aromatic heterocycles. The fourth-order valence-corrected chi connectivity index (χ4v) is 3.67. The Morgan fingerprint density at radius 1 is 1.06 bits per heavy atom. The molecule has 2 heterocycles. The van der Waals surface area contributed by atoms with Crippen molar-refractivity contribution in [1.82, 2.24) is 14.7 Å². The number of carbonyl (C=O) groups excluding carboxylic acids is 2. The molecule has 9 heteroatoms. The van der Waals surface area contributed by atoms with Gasteiger partial charge in [0.15, 0.2) is 5.69 Å². The molecule has 0 atom stereocenters. The van der Waals surface area contributed by atoms with Gasteiger partial charge in [0.05, 0.1) is 12.1 Å². The molecule has 3 aromatic rings. The van der Waals surface area contributed by atoms with Gasteiger partial charge in [-0.15, -0.1) is 0 Å². The standard InChI is InChI=1S/C24H23F3N4O2/c1-15(2)17-5-9-19(10-6-17)28-22(32)20-13-21-23(33)30(11-12-31(21)29-20)14-16-3-7-18(8-4-16)24(25,26)27/h3-10,13,15H,11-12,14H2,1-2H3,(H,28,32). The summed E-state index contributed by atoms with van der Waals surface area (Å²) in [5, 5.41) is 7.04. The third-order valence-electron chi connectivity index (χ3n) is 5.59. The largest absolute Gasteiger partial charge is 0.416 e. The number of benzene rings is 2. The van der Waals surface area contributed by atoms with Gasteiger partial charge >= 0.3 is 6.18 Å². The van der Waals surface area contributed by atoms with Gasteiger partial charge in [-0.25, -0.2) is 0 Å². The molecule has 0 saturated carbocycles. The molecule has 4 rings (SSSR count). The molecular weight excluding hydrogens is 433 g/mol. The average molecular weight is 456 g/mol. The van der Waals surface area contributed by atoms with Crippen molar-refractivity contribution in [3.63, 3.8) is 0 Å². The third kappa shape index (κ3) is 4.92.